The SMILES string of the molecule is CCN(CC)OCCO[C@@H]1[C@H](O)[C@@H](COC(C)(C)C)O[C@]1(n1cc(C)c(=O)[nH]c1=O)[SiH](c1ccccc1)c1ccccc1. The Morgan fingerprint density at radius 1 is 1.00 bits per heavy atom. The highest BCUT2D eigenvalue weighted by molar-refractivity contribution is 6.86. The molecule has 2 aromatic carbocycles. The van der Waals surface area contributed by atoms with Gasteiger partial charge >= 0.3 is 5.69 Å². The summed E-state index contributed by atoms with van der Waals surface area (Å²) in [6, 6.07) is 19.7. The summed E-state index contributed by atoms with van der Waals surface area (Å²) in [7, 11) is -2.69. The fourth-order valence-corrected chi connectivity index (χ4v) is 9.56. The van der Waals surface area contributed by atoms with Crippen molar-refractivity contribution in [3.63, 3.8) is 0 Å². The van der Waals surface area contributed by atoms with Gasteiger partial charge in [0, 0.05) is 24.8 Å². The van der Waals surface area contributed by atoms with Crippen LogP contribution in [-0.2, 0) is 24.4 Å². The second-order valence-electron chi connectivity index (χ2n) is 11.8. The molecule has 0 spiro atoms. The predicted octanol–water partition coefficient (Wildman–Crippen LogP) is 1.31. The van der Waals surface area contributed by atoms with Crippen LogP contribution in [0.25, 0.3) is 0 Å². The van der Waals surface area contributed by atoms with E-state index < -0.39 is 49.3 Å². The summed E-state index contributed by atoms with van der Waals surface area (Å²) in [5.74, 6) is 0. The second-order valence-corrected chi connectivity index (χ2v) is 14.8. The Bertz CT molecular complexity index is 1380. The number of hydrogen-bond acceptors (Lipinski definition) is 8. The third kappa shape index (κ3) is 7.43. The van der Waals surface area contributed by atoms with E-state index in [9.17, 15) is 14.7 Å². The lowest BCUT2D eigenvalue weighted by atomic mass is 10.1. The van der Waals surface area contributed by atoms with Gasteiger partial charge in [-0.1, -0.05) is 84.9 Å². The minimum atomic E-state index is -2.69. The van der Waals surface area contributed by atoms with Gasteiger partial charge < -0.3 is 19.3 Å². The Morgan fingerprint density at radius 2 is 1.58 bits per heavy atom. The first-order valence-corrected chi connectivity index (χ1v) is 16.7. The molecule has 43 heavy (non-hydrogen) atoms. The van der Waals surface area contributed by atoms with Crippen LogP contribution in [0.2, 0.25) is 0 Å². The summed E-state index contributed by atoms with van der Waals surface area (Å²) in [5.41, 5.74) is -1.28. The van der Waals surface area contributed by atoms with Crippen molar-refractivity contribution in [1.82, 2.24) is 14.6 Å². The van der Waals surface area contributed by atoms with Crippen molar-refractivity contribution in [3.8, 4) is 0 Å². The lowest BCUT2D eigenvalue weighted by molar-refractivity contribution is -0.179. The number of H-pyrrole nitrogens is 1. The number of ether oxygens (including phenoxy) is 3. The maximum atomic E-state index is 13.8. The molecule has 4 atom stereocenters. The number of rotatable bonds is 13. The van der Waals surface area contributed by atoms with Crippen molar-refractivity contribution in [2.45, 2.75) is 70.8 Å². The number of nitrogens with one attached hydrogen (secondary N) is 1. The molecule has 1 aliphatic heterocycles. The highest BCUT2D eigenvalue weighted by Gasteiger charge is 2.62. The molecule has 0 radical (unpaired) electrons. The molecule has 2 heterocycles. The number of benzene rings is 2. The van der Waals surface area contributed by atoms with Gasteiger partial charge in [0.25, 0.3) is 5.56 Å². The molecule has 1 aromatic heterocycles. The standard InChI is InChI=1S/C32H45N3O7Si/c1-7-34(8-2)41-20-19-39-28-27(36)26(22-40-31(4,5)6)42-32(28,35-21-23(3)29(37)33-30(35)38)43(24-15-11-9-12-16-24)25-17-13-10-14-18-25/h9-18,21,26-28,36,43H,7-8,19-20,22H2,1-6H3,(H,33,37,38)/t26-,27-,28-,32+/m1/s1. The zero-order valence-electron chi connectivity index (χ0n) is 26.0. The van der Waals surface area contributed by atoms with Crippen molar-refractivity contribution >= 4 is 19.2 Å². The van der Waals surface area contributed by atoms with E-state index >= 15 is 0 Å². The summed E-state index contributed by atoms with van der Waals surface area (Å²) in [6.45, 7) is 13.3. The lowest BCUT2D eigenvalue weighted by Crippen LogP contribution is -2.69. The van der Waals surface area contributed by atoms with Crippen molar-refractivity contribution in [2.24, 2.45) is 0 Å². The monoisotopic (exact) mass is 611 g/mol. The van der Waals surface area contributed by atoms with E-state index in [1.807, 2.05) is 100 Å². The average molecular weight is 612 g/mol. The van der Waals surface area contributed by atoms with Crippen molar-refractivity contribution in [3.05, 3.63) is 93.3 Å². The molecule has 10 nitrogen and oxygen atoms in total. The molecule has 3 aromatic rings. The molecule has 0 unspecified atom stereocenters. The normalized spacial score (nSPS) is 22.5. The van der Waals surface area contributed by atoms with Gasteiger partial charge in [-0.25, -0.2) is 4.79 Å². The molecule has 234 valence electrons. The van der Waals surface area contributed by atoms with E-state index in [0.29, 0.717) is 18.7 Å². The minimum absolute atomic E-state index is 0.0734. The highest BCUT2D eigenvalue weighted by atomic mass is 28.3. The summed E-state index contributed by atoms with van der Waals surface area (Å²) >= 11 is 0. The van der Waals surface area contributed by atoms with E-state index in [1.54, 1.807) is 6.92 Å². The first-order valence-electron chi connectivity index (χ1n) is 14.9. The zero-order valence-corrected chi connectivity index (χ0v) is 27.1. The second kappa shape index (κ2) is 14.3. The molecule has 0 bridgehead atoms. The molecule has 4 rings (SSSR count). The molecule has 0 saturated carbocycles. The van der Waals surface area contributed by atoms with Crippen molar-refractivity contribution < 1.29 is 24.2 Å². The highest BCUT2D eigenvalue weighted by Crippen LogP contribution is 2.40. The van der Waals surface area contributed by atoms with Gasteiger partial charge in [0.15, 0.2) is 14.1 Å². The third-order valence-electron chi connectivity index (χ3n) is 7.66. The van der Waals surface area contributed by atoms with Crippen LogP contribution in [0.5, 0.6) is 0 Å². The molecule has 0 aliphatic carbocycles. The molecular weight excluding hydrogens is 566 g/mol. The molecule has 11 heteroatoms. The smallest absolute Gasteiger partial charge is 0.330 e. The number of nitrogens with zero attached hydrogens (tertiary/aromatic N) is 2. The number of hydroxylamine groups is 2. The maximum absolute atomic E-state index is 13.8. The molecule has 1 saturated heterocycles. The van der Waals surface area contributed by atoms with Gasteiger partial charge in [0.2, 0.25) is 0 Å². The Hall–Kier alpha value is -2.90. The maximum Gasteiger partial charge on any atom is 0.330 e. The largest absolute Gasteiger partial charge is 0.387 e. The topological polar surface area (TPSA) is 115 Å². The number of aryl methyl sites for hydroxylation is 1. The quantitative estimate of drug-likeness (QED) is 0.169. The van der Waals surface area contributed by atoms with Crippen molar-refractivity contribution in [2.75, 3.05) is 32.9 Å². The van der Waals surface area contributed by atoms with E-state index in [-0.39, 0.29) is 19.8 Å². The molecular formula is C32H45N3O7Si. The van der Waals surface area contributed by atoms with E-state index in [1.165, 1.54) is 10.8 Å². The fraction of sp³-hybridized carbons (Fsp3) is 0.500. The number of aliphatic hydroxyl groups excluding tert-OH is 1. The Labute approximate surface area is 254 Å². The molecule has 1 aliphatic rings. The van der Waals surface area contributed by atoms with Crippen LogP contribution in [0.1, 0.15) is 40.2 Å². The number of aromatic nitrogens is 2. The van der Waals surface area contributed by atoms with Crippen LogP contribution in [-0.4, -0.2) is 85.3 Å². The Balaban J connectivity index is 1.94. The predicted molar refractivity (Wildman–Crippen MR) is 169 cm³/mol. The van der Waals surface area contributed by atoms with Gasteiger partial charge in [-0.05, 0) is 27.7 Å². The number of hydrogen-bond donors (Lipinski definition) is 2. The van der Waals surface area contributed by atoms with Crippen LogP contribution >= 0.6 is 0 Å². The van der Waals surface area contributed by atoms with E-state index in [4.69, 9.17) is 19.0 Å². The van der Waals surface area contributed by atoms with Crippen LogP contribution < -0.4 is 21.6 Å². The average Bonchev–Trinajstić information content (AvgIpc) is 3.26. The summed E-state index contributed by atoms with van der Waals surface area (Å²) < 4.78 is 21.1. The summed E-state index contributed by atoms with van der Waals surface area (Å²) in [4.78, 5) is 34.7. The van der Waals surface area contributed by atoms with Crippen LogP contribution in [0, 0.1) is 6.92 Å². The van der Waals surface area contributed by atoms with Gasteiger partial charge in [0.05, 0.1) is 25.4 Å². The van der Waals surface area contributed by atoms with Crippen molar-refractivity contribution in [1.29, 1.82) is 0 Å². The van der Waals surface area contributed by atoms with Crippen LogP contribution in [0.15, 0.2) is 76.4 Å². The van der Waals surface area contributed by atoms with Gasteiger partial charge in [0.1, 0.15) is 18.3 Å². The van der Waals surface area contributed by atoms with Gasteiger partial charge in [-0.2, -0.15) is 5.06 Å². The van der Waals surface area contributed by atoms with E-state index in [0.717, 1.165) is 10.4 Å². The first kappa shape index (κ1) is 33.0. The van der Waals surface area contributed by atoms with E-state index in [2.05, 4.69) is 4.98 Å². The lowest BCUT2D eigenvalue weighted by Gasteiger charge is -2.42. The summed E-state index contributed by atoms with van der Waals surface area (Å²) in [6.07, 6.45) is -1.46. The molecule has 2 N–H and O–H groups in total. The van der Waals surface area contributed by atoms with Crippen LogP contribution in [0.4, 0.5) is 0 Å². The molecule has 0 amide bonds. The number of aliphatic hydroxyl groups is 1. The van der Waals surface area contributed by atoms with Crippen LogP contribution in [0.3, 0.4) is 0 Å². The molecule has 1 fully saturated rings. The Morgan fingerprint density at radius 3 is 2.12 bits per heavy atom. The number of aromatic amines is 1. The Kier molecular flexibility index (Phi) is 10.9. The van der Waals surface area contributed by atoms with Gasteiger partial charge in [-0.3, -0.25) is 19.2 Å². The van der Waals surface area contributed by atoms with Gasteiger partial charge in [-0.15, -0.1) is 0 Å². The zero-order chi connectivity index (χ0) is 31.2. The minimum Gasteiger partial charge on any atom is -0.387 e. The summed E-state index contributed by atoms with van der Waals surface area (Å²) in [5, 5.41) is 14.2. The third-order valence-corrected chi connectivity index (χ3v) is 11.3. The fourth-order valence-electron chi connectivity index (χ4n) is 5.60. The first-order chi connectivity index (χ1) is 20.5.